The van der Waals surface area contributed by atoms with Gasteiger partial charge in [0.15, 0.2) is 5.78 Å². The molecule has 0 spiro atoms. The first-order valence-corrected chi connectivity index (χ1v) is 10.4. The van der Waals surface area contributed by atoms with Crippen LogP contribution in [0.2, 0.25) is 0 Å². The highest BCUT2D eigenvalue weighted by atomic mass is 16.5. The van der Waals surface area contributed by atoms with E-state index in [1.54, 1.807) is 43.5 Å². The molecule has 3 heterocycles. The summed E-state index contributed by atoms with van der Waals surface area (Å²) in [6.07, 6.45) is 1.78. The summed E-state index contributed by atoms with van der Waals surface area (Å²) in [5.41, 5.74) is 2.19. The van der Waals surface area contributed by atoms with Gasteiger partial charge in [-0.2, -0.15) is 0 Å². The average Bonchev–Trinajstić information content (AvgIpc) is 3.41. The Morgan fingerprint density at radius 2 is 1.63 bits per heavy atom. The van der Waals surface area contributed by atoms with E-state index in [0.29, 0.717) is 17.0 Å². The molecule has 2 aromatic rings. The number of aryl methyl sites for hydroxylation is 1. The van der Waals surface area contributed by atoms with Gasteiger partial charge in [0.2, 0.25) is 11.8 Å². The van der Waals surface area contributed by atoms with Gasteiger partial charge in [-0.15, -0.1) is 0 Å². The first-order chi connectivity index (χ1) is 14.5. The van der Waals surface area contributed by atoms with Crippen LogP contribution >= 0.6 is 0 Å². The van der Waals surface area contributed by atoms with Crippen molar-refractivity contribution in [3.8, 4) is 5.75 Å². The number of anilines is 1. The van der Waals surface area contributed by atoms with Gasteiger partial charge in [0.1, 0.15) is 5.75 Å². The van der Waals surface area contributed by atoms with Gasteiger partial charge >= 0.3 is 0 Å². The van der Waals surface area contributed by atoms with Crippen LogP contribution < -0.4 is 9.64 Å². The lowest BCUT2D eigenvalue weighted by atomic mass is 9.85. The molecule has 0 N–H and O–H groups in total. The van der Waals surface area contributed by atoms with Crippen molar-refractivity contribution >= 4 is 23.3 Å². The molecule has 0 aliphatic carbocycles. The number of Topliss-reactive ketones (excluding diaryl/α,β-unsaturated/α-hetero) is 1. The van der Waals surface area contributed by atoms with E-state index in [1.807, 2.05) is 19.1 Å². The highest BCUT2D eigenvalue weighted by Crippen LogP contribution is 2.48. The van der Waals surface area contributed by atoms with Crippen LogP contribution in [0.5, 0.6) is 5.75 Å². The molecule has 0 radical (unpaired) electrons. The van der Waals surface area contributed by atoms with Crippen LogP contribution in [-0.2, 0) is 9.59 Å². The molecular weight excluding hydrogens is 380 g/mol. The molecule has 0 aromatic heterocycles. The Balaban J connectivity index is 1.52. The third kappa shape index (κ3) is 2.70. The van der Waals surface area contributed by atoms with Crippen molar-refractivity contribution in [2.75, 3.05) is 18.6 Å². The molecule has 2 aromatic carbocycles. The standard InChI is InChI=1S/C24H24N2O4/c1-14-5-9-16(10-6-14)26-23(28)19-18-4-3-13-25(18)21(20(19)24(26)29)22(27)15-7-11-17(30-2)12-8-15/h5-12,18-21H,3-4,13H2,1-2H3/t18-,19+,20+,21-/m0/s1. The summed E-state index contributed by atoms with van der Waals surface area (Å²) in [4.78, 5) is 43.7. The number of amides is 2. The molecule has 6 heteroatoms. The SMILES string of the molecule is COc1ccc(C(=O)[C@@H]2[C@@H]3C(=O)N(c4ccc(C)cc4)C(=O)[C@@H]3[C@@H]3CCCN23)cc1. The molecule has 2 amide bonds. The number of methoxy groups -OCH3 is 1. The molecule has 6 nitrogen and oxygen atoms in total. The smallest absolute Gasteiger partial charge is 0.239 e. The molecule has 5 rings (SSSR count). The van der Waals surface area contributed by atoms with Crippen LogP contribution in [0.25, 0.3) is 0 Å². The number of carbonyl (C=O) groups excluding carboxylic acids is 3. The second-order valence-corrected chi connectivity index (χ2v) is 8.38. The van der Waals surface area contributed by atoms with E-state index in [9.17, 15) is 14.4 Å². The maximum atomic E-state index is 13.5. The van der Waals surface area contributed by atoms with Gasteiger partial charge in [-0.25, -0.2) is 4.90 Å². The minimum absolute atomic E-state index is 0.0471. The molecule has 30 heavy (non-hydrogen) atoms. The van der Waals surface area contributed by atoms with E-state index >= 15 is 0 Å². The minimum atomic E-state index is -0.626. The lowest BCUT2D eigenvalue weighted by molar-refractivity contribution is -0.123. The van der Waals surface area contributed by atoms with Gasteiger partial charge in [0, 0.05) is 11.6 Å². The van der Waals surface area contributed by atoms with Crippen molar-refractivity contribution in [1.29, 1.82) is 0 Å². The third-order valence-corrected chi connectivity index (χ3v) is 6.79. The van der Waals surface area contributed by atoms with E-state index in [2.05, 4.69) is 4.90 Å². The van der Waals surface area contributed by atoms with Gasteiger partial charge in [-0.1, -0.05) is 17.7 Å². The van der Waals surface area contributed by atoms with Crippen LogP contribution in [0.1, 0.15) is 28.8 Å². The van der Waals surface area contributed by atoms with E-state index in [4.69, 9.17) is 4.74 Å². The Labute approximate surface area is 175 Å². The zero-order valence-electron chi connectivity index (χ0n) is 17.1. The number of nitrogens with zero attached hydrogens (tertiary/aromatic N) is 2. The van der Waals surface area contributed by atoms with Crippen LogP contribution in [-0.4, -0.2) is 48.2 Å². The fourth-order valence-corrected chi connectivity index (χ4v) is 5.39. The largest absolute Gasteiger partial charge is 0.497 e. The zero-order chi connectivity index (χ0) is 21.0. The van der Waals surface area contributed by atoms with Crippen molar-refractivity contribution in [1.82, 2.24) is 4.90 Å². The Hall–Kier alpha value is -2.99. The fraction of sp³-hybridized carbons (Fsp3) is 0.375. The summed E-state index contributed by atoms with van der Waals surface area (Å²) in [7, 11) is 1.58. The molecular formula is C24H24N2O4. The van der Waals surface area contributed by atoms with Gasteiger partial charge in [-0.05, 0) is 62.7 Å². The first kappa shape index (κ1) is 19.0. The van der Waals surface area contributed by atoms with Gasteiger partial charge in [0.25, 0.3) is 0 Å². The number of carbonyl (C=O) groups is 3. The van der Waals surface area contributed by atoms with Gasteiger partial charge in [-0.3, -0.25) is 19.3 Å². The number of benzene rings is 2. The van der Waals surface area contributed by atoms with E-state index < -0.39 is 17.9 Å². The Kier molecular flexibility index (Phi) is 4.47. The van der Waals surface area contributed by atoms with E-state index in [0.717, 1.165) is 24.9 Å². The van der Waals surface area contributed by atoms with Crippen LogP contribution in [0, 0.1) is 18.8 Å². The van der Waals surface area contributed by atoms with Crippen molar-refractivity contribution in [2.45, 2.75) is 31.8 Å². The number of ketones is 1. The van der Waals surface area contributed by atoms with Crippen molar-refractivity contribution < 1.29 is 19.1 Å². The van der Waals surface area contributed by atoms with Crippen molar-refractivity contribution in [2.24, 2.45) is 11.8 Å². The van der Waals surface area contributed by atoms with Crippen LogP contribution in [0.4, 0.5) is 5.69 Å². The highest BCUT2D eigenvalue weighted by Gasteiger charge is 2.64. The monoisotopic (exact) mass is 404 g/mol. The highest BCUT2D eigenvalue weighted by molar-refractivity contribution is 6.24. The second kappa shape index (κ2) is 7.06. The molecule has 0 saturated carbocycles. The van der Waals surface area contributed by atoms with E-state index in [1.165, 1.54) is 4.90 Å². The predicted octanol–water partition coefficient (Wildman–Crippen LogP) is 2.84. The molecule has 0 unspecified atom stereocenters. The summed E-state index contributed by atoms with van der Waals surface area (Å²) in [6.45, 7) is 2.71. The first-order valence-electron chi connectivity index (χ1n) is 10.4. The maximum Gasteiger partial charge on any atom is 0.239 e. The molecule has 3 saturated heterocycles. The Morgan fingerprint density at radius 1 is 0.967 bits per heavy atom. The normalized spacial score (nSPS) is 28.0. The molecule has 3 aliphatic rings. The number of ether oxygens (including phenoxy) is 1. The topological polar surface area (TPSA) is 66.9 Å². The van der Waals surface area contributed by atoms with Crippen molar-refractivity contribution in [3.63, 3.8) is 0 Å². The summed E-state index contributed by atoms with van der Waals surface area (Å²) >= 11 is 0. The van der Waals surface area contributed by atoms with Crippen molar-refractivity contribution in [3.05, 3.63) is 59.7 Å². The molecule has 4 atom stereocenters. The summed E-state index contributed by atoms with van der Waals surface area (Å²) in [6, 6.07) is 13.7. The van der Waals surface area contributed by atoms with Gasteiger partial charge in [0.05, 0.1) is 30.7 Å². The molecule has 3 fully saturated rings. The number of hydrogen-bond donors (Lipinski definition) is 0. The quantitative estimate of drug-likeness (QED) is 0.579. The fourth-order valence-electron chi connectivity index (χ4n) is 5.39. The predicted molar refractivity (Wildman–Crippen MR) is 111 cm³/mol. The summed E-state index contributed by atoms with van der Waals surface area (Å²) in [5.74, 6) is -0.922. The third-order valence-electron chi connectivity index (χ3n) is 6.79. The van der Waals surface area contributed by atoms with Crippen LogP contribution in [0.3, 0.4) is 0 Å². The molecule has 154 valence electrons. The Bertz CT molecular complexity index is 1010. The van der Waals surface area contributed by atoms with Gasteiger partial charge < -0.3 is 4.74 Å². The number of fused-ring (bicyclic) bond motifs is 3. The number of hydrogen-bond acceptors (Lipinski definition) is 5. The Morgan fingerprint density at radius 3 is 2.30 bits per heavy atom. The van der Waals surface area contributed by atoms with E-state index in [-0.39, 0.29) is 23.6 Å². The molecule has 0 bridgehead atoms. The lowest BCUT2D eigenvalue weighted by Gasteiger charge is -2.27. The number of imide groups is 1. The second-order valence-electron chi connectivity index (χ2n) is 8.38. The molecule has 3 aliphatic heterocycles. The maximum absolute atomic E-state index is 13.5. The summed E-state index contributed by atoms with van der Waals surface area (Å²) in [5, 5.41) is 0. The minimum Gasteiger partial charge on any atom is -0.497 e. The van der Waals surface area contributed by atoms with Crippen LogP contribution in [0.15, 0.2) is 48.5 Å². The lowest BCUT2D eigenvalue weighted by Crippen LogP contribution is -2.46. The average molecular weight is 404 g/mol. The zero-order valence-corrected chi connectivity index (χ0v) is 17.1. The number of rotatable bonds is 4. The summed E-state index contributed by atoms with van der Waals surface area (Å²) < 4.78 is 5.19.